The van der Waals surface area contributed by atoms with Crippen molar-refractivity contribution >= 4 is 17.7 Å². The fraction of sp³-hybridized carbons (Fsp3) is 0.786. The van der Waals surface area contributed by atoms with Crippen LogP contribution in [0.25, 0.3) is 0 Å². The zero-order valence-electron chi connectivity index (χ0n) is 12.1. The van der Waals surface area contributed by atoms with Gasteiger partial charge in [-0.2, -0.15) is 0 Å². The van der Waals surface area contributed by atoms with E-state index in [2.05, 4.69) is 20.1 Å². The molecule has 0 aromatic carbocycles. The van der Waals surface area contributed by atoms with Gasteiger partial charge in [0.25, 0.3) is 0 Å². The molecular weight excluding hydrogens is 288 g/mol. The lowest BCUT2D eigenvalue weighted by molar-refractivity contribution is -0.139. The van der Waals surface area contributed by atoms with Crippen LogP contribution in [-0.4, -0.2) is 43.7 Å². The van der Waals surface area contributed by atoms with Crippen molar-refractivity contribution in [2.75, 3.05) is 5.75 Å². The molecule has 6 nitrogen and oxygen atoms in total. The minimum atomic E-state index is -0.748. The maximum Gasteiger partial charge on any atom is 0.320 e. The van der Waals surface area contributed by atoms with E-state index in [4.69, 9.17) is 0 Å². The second-order valence-electron chi connectivity index (χ2n) is 5.83. The van der Waals surface area contributed by atoms with Gasteiger partial charge in [-0.25, -0.2) is 0 Å². The molecule has 3 rings (SSSR count). The van der Waals surface area contributed by atoms with Crippen molar-refractivity contribution < 1.29 is 9.90 Å². The van der Waals surface area contributed by atoms with Crippen LogP contribution in [0.4, 0.5) is 0 Å². The van der Waals surface area contributed by atoms with Crippen molar-refractivity contribution in [3.8, 4) is 0 Å². The molecule has 1 atom stereocenters. The normalized spacial score (nSPS) is 19.8. The zero-order valence-corrected chi connectivity index (χ0v) is 12.9. The van der Waals surface area contributed by atoms with Gasteiger partial charge in [-0.05, 0) is 32.1 Å². The van der Waals surface area contributed by atoms with Crippen LogP contribution in [0.3, 0.4) is 0 Å². The Kier molecular flexibility index (Phi) is 4.80. The third kappa shape index (κ3) is 3.97. The maximum atomic E-state index is 11.2. The minimum Gasteiger partial charge on any atom is -0.480 e. The number of thioether (sulfide) groups is 1. The summed E-state index contributed by atoms with van der Waals surface area (Å²) in [6, 6.07) is -0.0167. The van der Waals surface area contributed by atoms with Crippen LogP contribution >= 0.6 is 11.8 Å². The first kappa shape index (κ1) is 14.8. The molecule has 0 bridgehead atoms. The van der Waals surface area contributed by atoms with Gasteiger partial charge in [0.05, 0.1) is 0 Å². The Morgan fingerprint density at radius 2 is 2.24 bits per heavy atom. The highest BCUT2D eigenvalue weighted by atomic mass is 32.2. The Hall–Kier alpha value is -1.08. The molecule has 0 spiro atoms. The number of hydrogen-bond acceptors (Lipinski definition) is 5. The van der Waals surface area contributed by atoms with Gasteiger partial charge in [0.15, 0.2) is 5.16 Å². The van der Waals surface area contributed by atoms with Crippen molar-refractivity contribution in [3.63, 3.8) is 0 Å². The quantitative estimate of drug-likeness (QED) is 0.746. The number of aliphatic carboxylic acids is 1. The third-order valence-electron chi connectivity index (χ3n) is 4.03. The molecule has 1 aromatic heterocycles. The van der Waals surface area contributed by atoms with Gasteiger partial charge in [0, 0.05) is 24.8 Å². The first-order chi connectivity index (χ1) is 10.2. The predicted molar refractivity (Wildman–Crippen MR) is 80.5 cm³/mol. The van der Waals surface area contributed by atoms with Crippen LogP contribution in [0.2, 0.25) is 0 Å². The van der Waals surface area contributed by atoms with Gasteiger partial charge in [0.1, 0.15) is 11.9 Å². The molecular formula is C14H22N4O2S. The first-order valence-corrected chi connectivity index (χ1v) is 8.76. The van der Waals surface area contributed by atoms with Crippen LogP contribution in [0.15, 0.2) is 5.16 Å². The molecule has 21 heavy (non-hydrogen) atoms. The Bertz CT molecular complexity index is 501. The van der Waals surface area contributed by atoms with Crippen LogP contribution in [0.1, 0.15) is 44.3 Å². The number of rotatable bonds is 7. The van der Waals surface area contributed by atoms with E-state index >= 15 is 0 Å². The maximum absolute atomic E-state index is 11.2. The van der Waals surface area contributed by atoms with E-state index in [1.54, 1.807) is 11.8 Å². The molecule has 1 aliphatic carbocycles. The van der Waals surface area contributed by atoms with Crippen molar-refractivity contribution in [2.24, 2.45) is 0 Å². The topological polar surface area (TPSA) is 80.0 Å². The summed E-state index contributed by atoms with van der Waals surface area (Å²) >= 11 is 1.63. The van der Waals surface area contributed by atoms with Gasteiger partial charge >= 0.3 is 5.97 Å². The highest BCUT2D eigenvalue weighted by Gasteiger charge is 2.28. The van der Waals surface area contributed by atoms with Gasteiger partial charge < -0.3 is 15.0 Å². The van der Waals surface area contributed by atoms with Crippen LogP contribution in [-0.2, 0) is 17.8 Å². The fourth-order valence-corrected chi connectivity index (χ4v) is 3.63. The molecule has 1 unspecified atom stereocenters. The van der Waals surface area contributed by atoms with Crippen LogP contribution < -0.4 is 5.32 Å². The SMILES string of the molecule is O=C(O)C(CCSc1nnc2n1CCCCC2)NC1CC1. The van der Waals surface area contributed by atoms with E-state index in [1.807, 2.05) is 0 Å². The standard InChI is InChI=1S/C14H22N4O2S/c19-13(20)11(15-10-5-6-10)7-9-21-14-17-16-12-4-2-1-3-8-18(12)14/h10-11,15H,1-9H2,(H,19,20). The second-order valence-corrected chi connectivity index (χ2v) is 6.89. The van der Waals surface area contributed by atoms with Gasteiger partial charge in [0.2, 0.25) is 0 Å². The molecule has 0 amide bonds. The summed E-state index contributed by atoms with van der Waals surface area (Å²) in [4.78, 5) is 11.2. The molecule has 1 aliphatic heterocycles. The molecule has 2 N–H and O–H groups in total. The molecule has 0 saturated heterocycles. The average Bonchev–Trinajstić information content (AvgIpc) is 3.24. The molecule has 0 radical (unpaired) electrons. The molecule has 116 valence electrons. The zero-order chi connectivity index (χ0) is 14.7. The number of hydrogen-bond donors (Lipinski definition) is 2. The molecule has 2 heterocycles. The number of fused-ring (bicyclic) bond motifs is 1. The van der Waals surface area contributed by atoms with E-state index < -0.39 is 12.0 Å². The van der Waals surface area contributed by atoms with E-state index in [-0.39, 0.29) is 0 Å². The lowest BCUT2D eigenvalue weighted by Gasteiger charge is -2.13. The van der Waals surface area contributed by atoms with Crippen LogP contribution in [0, 0.1) is 0 Å². The second kappa shape index (κ2) is 6.79. The van der Waals surface area contributed by atoms with Gasteiger partial charge in [-0.15, -0.1) is 10.2 Å². The summed E-state index contributed by atoms with van der Waals surface area (Å²) < 4.78 is 2.21. The predicted octanol–water partition coefficient (Wildman–Crippen LogP) is 1.69. The summed E-state index contributed by atoms with van der Waals surface area (Å²) in [5.74, 6) is 1.10. The monoisotopic (exact) mass is 310 g/mol. The van der Waals surface area contributed by atoms with Gasteiger partial charge in [-0.3, -0.25) is 4.79 Å². The van der Waals surface area contributed by atoms with E-state index in [9.17, 15) is 9.90 Å². The number of nitrogens with one attached hydrogen (secondary N) is 1. The van der Waals surface area contributed by atoms with Crippen molar-refractivity contribution in [1.29, 1.82) is 0 Å². The number of carboxylic acid groups (broad SMARTS) is 1. The smallest absolute Gasteiger partial charge is 0.320 e. The third-order valence-corrected chi connectivity index (χ3v) is 5.03. The molecule has 7 heteroatoms. The number of aromatic nitrogens is 3. The lowest BCUT2D eigenvalue weighted by atomic mass is 10.2. The van der Waals surface area contributed by atoms with E-state index in [1.165, 1.54) is 19.3 Å². The van der Waals surface area contributed by atoms with Crippen LogP contribution in [0.5, 0.6) is 0 Å². The molecule has 1 aromatic rings. The molecule has 1 fully saturated rings. The number of aryl methyl sites for hydroxylation is 1. The van der Waals surface area contributed by atoms with E-state index in [0.29, 0.717) is 12.5 Å². The Morgan fingerprint density at radius 1 is 1.38 bits per heavy atom. The summed E-state index contributed by atoms with van der Waals surface area (Å²) in [6.07, 6.45) is 7.46. The summed E-state index contributed by atoms with van der Waals surface area (Å²) in [5.41, 5.74) is 0. The minimum absolute atomic E-state index is 0.417. The summed E-state index contributed by atoms with van der Waals surface area (Å²) in [5, 5.41) is 21.9. The highest BCUT2D eigenvalue weighted by molar-refractivity contribution is 7.99. The Morgan fingerprint density at radius 3 is 3.00 bits per heavy atom. The van der Waals surface area contributed by atoms with Crippen molar-refractivity contribution in [1.82, 2.24) is 20.1 Å². The van der Waals surface area contributed by atoms with E-state index in [0.717, 1.165) is 42.5 Å². The summed E-state index contributed by atoms with van der Waals surface area (Å²) in [7, 11) is 0. The van der Waals surface area contributed by atoms with Crippen molar-refractivity contribution in [3.05, 3.63) is 5.82 Å². The number of carbonyl (C=O) groups is 1. The van der Waals surface area contributed by atoms with Crippen molar-refractivity contribution in [2.45, 2.75) is 68.7 Å². The molecule has 1 saturated carbocycles. The fourth-order valence-electron chi connectivity index (χ4n) is 2.65. The summed E-state index contributed by atoms with van der Waals surface area (Å²) in [6.45, 7) is 0.993. The largest absolute Gasteiger partial charge is 0.480 e. The first-order valence-electron chi connectivity index (χ1n) is 7.78. The van der Waals surface area contributed by atoms with Gasteiger partial charge in [-0.1, -0.05) is 18.2 Å². The molecule has 2 aliphatic rings. The Balaban J connectivity index is 1.52. The highest BCUT2D eigenvalue weighted by Crippen LogP contribution is 2.24. The number of nitrogens with zero attached hydrogens (tertiary/aromatic N) is 3. The number of carboxylic acids is 1. The lowest BCUT2D eigenvalue weighted by Crippen LogP contribution is -2.38. The average molecular weight is 310 g/mol. The Labute approximate surface area is 128 Å².